The van der Waals surface area contributed by atoms with E-state index in [2.05, 4.69) is 10.1 Å². The summed E-state index contributed by atoms with van der Waals surface area (Å²) in [7, 11) is 1.66. The monoisotopic (exact) mass is 417 g/mol. The minimum atomic E-state index is -0.271. The van der Waals surface area contributed by atoms with Crippen molar-refractivity contribution in [3.63, 3.8) is 0 Å². The number of benzene rings is 3. The third-order valence-electron chi connectivity index (χ3n) is 4.94. The van der Waals surface area contributed by atoms with Gasteiger partial charge in [-0.15, -0.1) is 0 Å². The minimum Gasteiger partial charge on any atom is -0.451 e. The predicted octanol–water partition coefficient (Wildman–Crippen LogP) is 5.56. The fraction of sp³-hybridized carbons (Fsp3) is 0.0870. The number of furan rings is 1. The Morgan fingerprint density at radius 2 is 1.83 bits per heavy atom. The van der Waals surface area contributed by atoms with Crippen LogP contribution in [0.1, 0.15) is 16.4 Å². The molecule has 7 heteroatoms. The van der Waals surface area contributed by atoms with Gasteiger partial charge in [-0.3, -0.25) is 4.79 Å². The summed E-state index contributed by atoms with van der Waals surface area (Å²) in [5.74, 6) is 0.677. The smallest absolute Gasteiger partial charge is 0.289 e. The molecule has 30 heavy (non-hydrogen) atoms. The highest BCUT2D eigenvalue weighted by molar-refractivity contribution is 6.33. The molecule has 0 unspecified atom stereocenters. The number of aromatic nitrogens is 2. The molecule has 0 saturated carbocycles. The second kappa shape index (κ2) is 7.31. The first-order valence-electron chi connectivity index (χ1n) is 9.34. The quantitative estimate of drug-likeness (QED) is 0.382. The first kappa shape index (κ1) is 18.4. The second-order valence-corrected chi connectivity index (χ2v) is 7.37. The van der Waals surface area contributed by atoms with Gasteiger partial charge in [0.15, 0.2) is 5.76 Å². The zero-order chi connectivity index (χ0) is 20.7. The highest BCUT2D eigenvalue weighted by Crippen LogP contribution is 2.29. The fourth-order valence-electron chi connectivity index (χ4n) is 3.43. The van der Waals surface area contributed by atoms with Gasteiger partial charge in [-0.05, 0) is 35.0 Å². The highest BCUT2D eigenvalue weighted by Gasteiger charge is 2.20. The maximum atomic E-state index is 12.9. The lowest BCUT2D eigenvalue weighted by atomic mass is 10.1. The Labute approximate surface area is 176 Å². The van der Waals surface area contributed by atoms with Gasteiger partial charge in [0.1, 0.15) is 12.1 Å². The van der Waals surface area contributed by atoms with Gasteiger partial charge in [0.25, 0.3) is 5.91 Å². The summed E-state index contributed by atoms with van der Waals surface area (Å²) in [5.41, 5.74) is 1.34. The summed E-state index contributed by atoms with van der Waals surface area (Å²) in [6.45, 7) is 0.147. The molecule has 0 radical (unpaired) electrons. The zero-order valence-corrected chi connectivity index (χ0v) is 16.8. The fourth-order valence-corrected chi connectivity index (χ4v) is 3.65. The maximum absolute atomic E-state index is 12.9. The lowest BCUT2D eigenvalue weighted by Crippen LogP contribution is -2.25. The molecule has 5 aromatic rings. The number of amides is 1. The van der Waals surface area contributed by atoms with Gasteiger partial charge in [-0.25, -0.2) is 0 Å². The van der Waals surface area contributed by atoms with Gasteiger partial charge in [-0.2, -0.15) is 4.98 Å². The molecule has 0 spiro atoms. The number of hydrogen-bond donors (Lipinski definition) is 0. The number of nitrogens with zero attached hydrogens (tertiary/aromatic N) is 3. The lowest BCUT2D eigenvalue weighted by Gasteiger charge is -2.12. The van der Waals surface area contributed by atoms with Crippen LogP contribution in [0, 0.1) is 0 Å². The molecule has 148 valence electrons. The van der Waals surface area contributed by atoms with E-state index in [0.717, 1.165) is 16.2 Å². The number of halogens is 1. The van der Waals surface area contributed by atoms with Gasteiger partial charge in [0.2, 0.25) is 11.7 Å². The van der Waals surface area contributed by atoms with E-state index in [1.165, 1.54) is 4.90 Å². The average molecular weight is 418 g/mol. The van der Waals surface area contributed by atoms with Gasteiger partial charge in [0.05, 0.1) is 5.02 Å². The summed E-state index contributed by atoms with van der Waals surface area (Å²) in [4.78, 5) is 18.7. The number of fused-ring (bicyclic) bond motifs is 3. The van der Waals surface area contributed by atoms with Crippen LogP contribution in [0.2, 0.25) is 5.02 Å². The molecule has 0 saturated heterocycles. The van der Waals surface area contributed by atoms with Crippen molar-refractivity contribution in [3.8, 4) is 11.4 Å². The number of rotatable bonds is 4. The molecule has 0 N–H and O–H groups in total. The van der Waals surface area contributed by atoms with Crippen LogP contribution in [0.15, 0.2) is 75.7 Å². The largest absolute Gasteiger partial charge is 0.451 e. The third kappa shape index (κ3) is 3.21. The van der Waals surface area contributed by atoms with E-state index in [1.807, 2.05) is 54.6 Å². The molecule has 1 amide bonds. The molecule has 5 rings (SSSR count). The summed E-state index contributed by atoms with van der Waals surface area (Å²) in [6.07, 6.45) is 0. The van der Waals surface area contributed by atoms with Gasteiger partial charge in [-0.1, -0.05) is 59.2 Å². The molecular weight excluding hydrogens is 402 g/mol. The first-order valence-corrected chi connectivity index (χ1v) is 9.72. The van der Waals surface area contributed by atoms with E-state index in [0.29, 0.717) is 27.9 Å². The van der Waals surface area contributed by atoms with Crippen molar-refractivity contribution < 1.29 is 13.7 Å². The van der Waals surface area contributed by atoms with Crippen LogP contribution in [0.5, 0.6) is 0 Å². The van der Waals surface area contributed by atoms with Gasteiger partial charge < -0.3 is 13.8 Å². The molecule has 0 aliphatic heterocycles. The normalized spacial score (nSPS) is 11.3. The van der Waals surface area contributed by atoms with Crippen LogP contribution in [0.3, 0.4) is 0 Å². The van der Waals surface area contributed by atoms with Crippen LogP contribution in [-0.2, 0) is 6.54 Å². The number of hydrogen-bond acceptors (Lipinski definition) is 5. The average Bonchev–Trinajstić information content (AvgIpc) is 3.40. The Hall–Kier alpha value is -3.64. The Morgan fingerprint density at radius 3 is 2.70 bits per heavy atom. The molecule has 6 nitrogen and oxygen atoms in total. The highest BCUT2D eigenvalue weighted by atomic mass is 35.5. The Bertz CT molecular complexity index is 1390. The van der Waals surface area contributed by atoms with Crippen molar-refractivity contribution in [2.24, 2.45) is 0 Å². The van der Waals surface area contributed by atoms with Crippen LogP contribution in [-0.4, -0.2) is 28.0 Å². The first-order chi connectivity index (χ1) is 14.6. The molecule has 0 bridgehead atoms. The summed E-state index contributed by atoms with van der Waals surface area (Å²) in [5, 5.41) is 7.54. The van der Waals surface area contributed by atoms with Gasteiger partial charge >= 0.3 is 0 Å². The molecule has 0 atom stereocenters. The summed E-state index contributed by atoms with van der Waals surface area (Å²) >= 11 is 6.19. The van der Waals surface area contributed by atoms with Crippen LogP contribution in [0.4, 0.5) is 0 Å². The van der Waals surface area contributed by atoms with E-state index >= 15 is 0 Å². The molecule has 0 fully saturated rings. The number of carbonyl (C=O) groups excluding carboxylic acids is 1. The standard InChI is InChI=1S/C23H16ClN3O3/c1-27(13-21-25-22(26-30-21)16-8-4-5-9-18(16)24)23(28)20-12-17-15-7-3-2-6-14(15)10-11-19(17)29-20/h2-12H,13H2,1H3. The molecule has 0 aliphatic carbocycles. The van der Waals surface area contributed by atoms with Crippen LogP contribution >= 0.6 is 11.6 Å². The zero-order valence-electron chi connectivity index (χ0n) is 16.0. The van der Waals surface area contributed by atoms with Crippen LogP contribution < -0.4 is 0 Å². The van der Waals surface area contributed by atoms with Crippen molar-refractivity contribution in [1.82, 2.24) is 15.0 Å². The Morgan fingerprint density at radius 1 is 1.03 bits per heavy atom. The van der Waals surface area contributed by atoms with E-state index in [1.54, 1.807) is 19.2 Å². The second-order valence-electron chi connectivity index (χ2n) is 6.96. The molecule has 2 aromatic heterocycles. The van der Waals surface area contributed by atoms with Crippen molar-refractivity contribution in [1.29, 1.82) is 0 Å². The SMILES string of the molecule is CN(Cc1nc(-c2ccccc2Cl)no1)C(=O)c1cc2c(ccc3ccccc32)o1. The van der Waals surface area contributed by atoms with Crippen molar-refractivity contribution in [2.45, 2.75) is 6.54 Å². The van der Waals surface area contributed by atoms with E-state index < -0.39 is 0 Å². The van der Waals surface area contributed by atoms with Crippen molar-refractivity contribution in [3.05, 3.63) is 83.4 Å². The van der Waals surface area contributed by atoms with E-state index in [9.17, 15) is 4.79 Å². The van der Waals surface area contributed by atoms with Crippen molar-refractivity contribution in [2.75, 3.05) is 7.05 Å². The molecule has 2 heterocycles. The minimum absolute atomic E-state index is 0.147. The lowest BCUT2D eigenvalue weighted by molar-refractivity contribution is 0.0740. The number of carbonyl (C=O) groups is 1. The Balaban J connectivity index is 1.39. The molecular formula is C23H16ClN3O3. The van der Waals surface area contributed by atoms with Gasteiger partial charge in [0, 0.05) is 18.0 Å². The van der Waals surface area contributed by atoms with Crippen molar-refractivity contribution >= 4 is 39.2 Å². The van der Waals surface area contributed by atoms with E-state index in [4.69, 9.17) is 20.5 Å². The predicted molar refractivity (Wildman–Crippen MR) is 114 cm³/mol. The molecule has 0 aliphatic rings. The maximum Gasteiger partial charge on any atom is 0.289 e. The van der Waals surface area contributed by atoms with Crippen LogP contribution in [0.25, 0.3) is 33.1 Å². The third-order valence-corrected chi connectivity index (χ3v) is 5.27. The summed E-state index contributed by atoms with van der Waals surface area (Å²) < 4.78 is 11.1. The molecule has 3 aromatic carbocycles. The topological polar surface area (TPSA) is 72.4 Å². The summed E-state index contributed by atoms with van der Waals surface area (Å²) in [6, 6.07) is 20.9. The Kier molecular flexibility index (Phi) is 4.48. The van der Waals surface area contributed by atoms with E-state index in [-0.39, 0.29) is 18.2 Å².